The van der Waals surface area contributed by atoms with Gasteiger partial charge in [0.25, 0.3) is 0 Å². The van der Waals surface area contributed by atoms with Gasteiger partial charge in [-0.1, -0.05) is 6.42 Å². The molecule has 2 heterocycles. The molecule has 0 aliphatic carbocycles. The van der Waals surface area contributed by atoms with E-state index in [-0.39, 0.29) is 0 Å². The lowest BCUT2D eigenvalue weighted by atomic mass is 10.1. The Bertz CT molecular complexity index is 329. The molecule has 1 aromatic heterocycles. The fourth-order valence-electron chi connectivity index (χ4n) is 2.41. The number of piperidine rings is 1. The lowest BCUT2D eigenvalue weighted by molar-refractivity contribution is 0.189. The number of likely N-dealkylation sites (tertiary alicyclic amines) is 1. The van der Waals surface area contributed by atoms with Crippen LogP contribution in [0.1, 0.15) is 30.8 Å². The summed E-state index contributed by atoms with van der Waals surface area (Å²) in [7, 11) is 2.17. The summed E-state index contributed by atoms with van der Waals surface area (Å²) in [5.41, 5.74) is 0. The van der Waals surface area contributed by atoms with E-state index in [1.54, 1.807) is 0 Å². The van der Waals surface area contributed by atoms with Gasteiger partial charge in [0.2, 0.25) is 0 Å². The molecule has 2 rings (SSSR count). The molecule has 17 heavy (non-hydrogen) atoms. The summed E-state index contributed by atoms with van der Waals surface area (Å²) in [6.07, 6.45) is 4.17. The normalized spacial score (nSPS) is 17.8. The molecule has 0 spiro atoms. The van der Waals surface area contributed by atoms with Crippen molar-refractivity contribution in [1.82, 2.24) is 9.80 Å². The van der Waals surface area contributed by atoms with E-state index in [1.807, 2.05) is 13.0 Å². The van der Waals surface area contributed by atoms with Crippen molar-refractivity contribution in [2.75, 3.05) is 33.2 Å². The maximum atomic E-state index is 5.59. The first-order valence-corrected chi connectivity index (χ1v) is 6.70. The van der Waals surface area contributed by atoms with E-state index in [4.69, 9.17) is 4.42 Å². The molecule has 3 nitrogen and oxygen atoms in total. The van der Waals surface area contributed by atoms with Crippen LogP contribution in [0, 0.1) is 6.92 Å². The van der Waals surface area contributed by atoms with Crippen molar-refractivity contribution >= 4 is 0 Å². The molecule has 96 valence electrons. The number of furan rings is 1. The Hall–Kier alpha value is -0.800. The molecule has 0 bridgehead atoms. The van der Waals surface area contributed by atoms with Gasteiger partial charge in [0.05, 0.1) is 6.54 Å². The minimum Gasteiger partial charge on any atom is -0.465 e. The molecule has 1 aliphatic rings. The van der Waals surface area contributed by atoms with E-state index in [1.165, 1.54) is 38.9 Å². The highest BCUT2D eigenvalue weighted by Gasteiger charge is 2.11. The van der Waals surface area contributed by atoms with Crippen LogP contribution in [0.25, 0.3) is 0 Å². The van der Waals surface area contributed by atoms with Crippen molar-refractivity contribution in [3.8, 4) is 0 Å². The highest BCUT2D eigenvalue weighted by molar-refractivity contribution is 5.05. The number of nitrogens with zero attached hydrogens (tertiary/aromatic N) is 2. The van der Waals surface area contributed by atoms with E-state index in [2.05, 4.69) is 22.9 Å². The second-order valence-corrected chi connectivity index (χ2v) is 5.15. The lowest BCUT2D eigenvalue weighted by Gasteiger charge is -2.28. The third-order valence-electron chi connectivity index (χ3n) is 3.47. The second kappa shape index (κ2) is 6.22. The Kier molecular flexibility index (Phi) is 4.63. The second-order valence-electron chi connectivity index (χ2n) is 5.15. The average molecular weight is 236 g/mol. The standard InChI is InChI=1S/C14H24N2O/c1-13-6-7-14(17-13)12-15(2)10-11-16-8-4-3-5-9-16/h6-7H,3-5,8-12H2,1-2H3. The first-order chi connectivity index (χ1) is 8.24. The van der Waals surface area contributed by atoms with Crippen LogP contribution in [0.2, 0.25) is 0 Å². The van der Waals surface area contributed by atoms with Gasteiger partial charge in [0, 0.05) is 13.1 Å². The summed E-state index contributed by atoms with van der Waals surface area (Å²) in [6, 6.07) is 4.11. The van der Waals surface area contributed by atoms with E-state index < -0.39 is 0 Å². The Morgan fingerprint density at radius 1 is 1.24 bits per heavy atom. The Labute approximate surface area is 104 Å². The van der Waals surface area contributed by atoms with Crippen LogP contribution in [0.3, 0.4) is 0 Å². The Balaban J connectivity index is 1.68. The van der Waals surface area contributed by atoms with Crippen LogP contribution < -0.4 is 0 Å². The van der Waals surface area contributed by atoms with Crippen molar-refractivity contribution in [1.29, 1.82) is 0 Å². The van der Waals surface area contributed by atoms with Gasteiger partial charge in [-0.2, -0.15) is 0 Å². The maximum Gasteiger partial charge on any atom is 0.118 e. The highest BCUT2D eigenvalue weighted by Crippen LogP contribution is 2.10. The summed E-state index contributed by atoms with van der Waals surface area (Å²) < 4.78 is 5.59. The molecular formula is C14H24N2O. The van der Waals surface area contributed by atoms with Gasteiger partial charge in [-0.3, -0.25) is 4.90 Å². The van der Waals surface area contributed by atoms with Crippen LogP contribution >= 0.6 is 0 Å². The number of aryl methyl sites for hydroxylation is 1. The minimum absolute atomic E-state index is 0.918. The smallest absolute Gasteiger partial charge is 0.118 e. The molecule has 0 atom stereocenters. The summed E-state index contributed by atoms with van der Waals surface area (Å²) >= 11 is 0. The molecule has 1 saturated heterocycles. The zero-order valence-electron chi connectivity index (χ0n) is 11.1. The number of likely N-dealkylation sites (N-methyl/N-ethyl adjacent to an activating group) is 1. The lowest BCUT2D eigenvalue weighted by Crippen LogP contribution is -2.36. The summed E-state index contributed by atoms with van der Waals surface area (Å²) in [5.74, 6) is 2.08. The summed E-state index contributed by atoms with van der Waals surface area (Å²) in [6.45, 7) is 7.80. The van der Waals surface area contributed by atoms with Gasteiger partial charge in [-0.05, 0) is 52.0 Å². The van der Waals surface area contributed by atoms with Gasteiger partial charge in [-0.25, -0.2) is 0 Å². The van der Waals surface area contributed by atoms with Crippen LogP contribution in [0.4, 0.5) is 0 Å². The monoisotopic (exact) mass is 236 g/mol. The van der Waals surface area contributed by atoms with Crippen LogP contribution in [0.15, 0.2) is 16.5 Å². The largest absolute Gasteiger partial charge is 0.465 e. The molecule has 1 aromatic rings. The third-order valence-corrected chi connectivity index (χ3v) is 3.47. The molecule has 1 aliphatic heterocycles. The van der Waals surface area contributed by atoms with Crippen molar-refractivity contribution < 1.29 is 4.42 Å². The van der Waals surface area contributed by atoms with Gasteiger partial charge < -0.3 is 9.32 Å². The van der Waals surface area contributed by atoms with Gasteiger partial charge in [0.15, 0.2) is 0 Å². The van der Waals surface area contributed by atoms with E-state index >= 15 is 0 Å². The fraction of sp³-hybridized carbons (Fsp3) is 0.714. The van der Waals surface area contributed by atoms with Crippen molar-refractivity contribution in [3.63, 3.8) is 0 Å². The quantitative estimate of drug-likeness (QED) is 0.783. The molecule has 0 saturated carbocycles. The predicted molar refractivity (Wildman–Crippen MR) is 70.1 cm³/mol. The number of hydrogen-bond donors (Lipinski definition) is 0. The van der Waals surface area contributed by atoms with Gasteiger partial charge >= 0.3 is 0 Å². The zero-order chi connectivity index (χ0) is 12.1. The SMILES string of the molecule is Cc1ccc(CN(C)CCN2CCCCC2)o1. The van der Waals surface area contributed by atoms with Gasteiger partial charge in [0.1, 0.15) is 11.5 Å². The predicted octanol–water partition coefficient (Wildman–Crippen LogP) is 2.51. The molecule has 0 unspecified atom stereocenters. The first-order valence-electron chi connectivity index (χ1n) is 6.70. The van der Waals surface area contributed by atoms with E-state index in [0.29, 0.717) is 0 Å². The molecule has 0 aromatic carbocycles. The zero-order valence-corrected chi connectivity index (χ0v) is 11.1. The molecular weight excluding hydrogens is 212 g/mol. The Morgan fingerprint density at radius 2 is 2.00 bits per heavy atom. The van der Waals surface area contributed by atoms with Crippen LogP contribution in [-0.2, 0) is 6.54 Å². The molecule has 0 amide bonds. The van der Waals surface area contributed by atoms with Gasteiger partial charge in [-0.15, -0.1) is 0 Å². The number of rotatable bonds is 5. The number of hydrogen-bond acceptors (Lipinski definition) is 3. The topological polar surface area (TPSA) is 19.6 Å². The highest BCUT2D eigenvalue weighted by atomic mass is 16.3. The van der Waals surface area contributed by atoms with Crippen molar-refractivity contribution in [2.45, 2.75) is 32.7 Å². The fourth-order valence-corrected chi connectivity index (χ4v) is 2.41. The average Bonchev–Trinajstić information content (AvgIpc) is 2.73. The van der Waals surface area contributed by atoms with Crippen LogP contribution in [0.5, 0.6) is 0 Å². The molecule has 0 radical (unpaired) electrons. The third kappa shape index (κ3) is 4.17. The molecule has 3 heteroatoms. The van der Waals surface area contributed by atoms with Crippen molar-refractivity contribution in [3.05, 3.63) is 23.7 Å². The van der Waals surface area contributed by atoms with E-state index in [9.17, 15) is 0 Å². The van der Waals surface area contributed by atoms with E-state index in [0.717, 1.165) is 24.6 Å². The molecule has 1 fully saturated rings. The first kappa shape index (κ1) is 12.7. The van der Waals surface area contributed by atoms with Crippen molar-refractivity contribution in [2.24, 2.45) is 0 Å². The van der Waals surface area contributed by atoms with Crippen LogP contribution in [-0.4, -0.2) is 43.0 Å². The summed E-state index contributed by atoms with van der Waals surface area (Å²) in [5, 5.41) is 0. The maximum absolute atomic E-state index is 5.59. The molecule has 0 N–H and O–H groups in total. The Morgan fingerprint density at radius 3 is 2.65 bits per heavy atom. The minimum atomic E-state index is 0.918. The summed E-state index contributed by atoms with van der Waals surface area (Å²) in [4.78, 5) is 4.92.